The summed E-state index contributed by atoms with van der Waals surface area (Å²) in [6.45, 7) is 8.54. The minimum atomic E-state index is -0.514. The molecule has 0 radical (unpaired) electrons. The minimum Gasteiger partial charge on any atom is -0.494 e. The number of benzene rings is 1. The first kappa shape index (κ1) is 22.1. The maximum atomic E-state index is 12.8. The summed E-state index contributed by atoms with van der Waals surface area (Å²) in [5.41, 5.74) is 1.35. The van der Waals surface area contributed by atoms with Crippen molar-refractivity contribution in [1.29, 1.82) is 0 Å². The van der Waals surface area contributed by atoms with Crippen LogP contribution in [-0.2, 0) is 9.53 Å². The molecule has 30 heavy (non-hydrogen) atoms. The number of fused-ring (bicyclic) bond motifs is 1. The quantitative estimate of drug-likeness (QED) is 0.527. The Labute approximate surface area is 175 Å². The van der Waals surface area contributed by atoms with Crippen molar-refractivity contribution in [2.75, 3.05) is 64.4 Å². The molecule has 1 saturated heterocycles. The largest absolute Gasteiger partial charge is 0.494 e. The number of aliphatic hydroxyl groups is 1. The van der Waals surface area contributed by atoms with Crippen LogP contribution in [0.3, 0.4) is 0 Å². The Morgan fingerprint density at radius 1 is 1.13 bits per heavy atom. The summed E-state index contributed by atoms with van der Waals surface area (Å²) in [5, 5.41) is 12.7. The molecule has 3 N–H and O–H groups in total. The van der Waals surface area contributed by atoms with Gasteiger partial charge in [0.1, 0.15) is 11.4 Å². The second-order valence-corrected chi connectivity index (χ2v) is 7.13. The Kier molecular flexibility index (Phi) is 7.67. The lowest BCUT2D eigenvalue weighted by Gasteiger charge is -2.33. The van der Waals surface area contributed by atoms with Gasteiger partial charge >= 0.3 is 5.97 Å². The fourth-order valence-corrected chi connectivity index (χ4v) is 3.61. The number of hydrogen-bond acceptors (Lipinski definition) is 7. The van der Waals surface area contributed by atoms with E-state index in [9.17, 15) is 9.59 Å². The number of carbonyl (C=O) groups excluding carboxylic acids is 2. The van der Waals surface area contributed by atoms with Crippen molar-refractivity contribution in [1.82, 2.24) is 14.8 Å². The molecule has 0 saturated carbocycles. The maximum absolute atomic E-state index is 12.8. The molecule has 2 aromatic rings. The van der Waals surface area contributed by atoms with Crippen molar-refractivity contribution in [2.24, 2.45) is 0 Å². The number of amides is 1. The molecule has 3 rings (SSSR count). The molecule has 0 atom stereocenters. The number of anilines is 1. The molecule has 1 fully saturated rings. The van der Waals surface area contributed by atoms with Gasteiger partial charge < -0.3 is 24.9 Å². The van der Waals surface area contributed by atoms with E-state index in [-0.39, 0.29) is 31.4 Å². The number of nitrogens with one attached hydrogen (secondary N) is 2. The number of ether oxygens (including phenoxy) is 2. The van der Waals surface area contributed by atoms with Gasteiger partial charge in [-0.1, -0.05) is 0 Å². The molecule has 1 aromatic carbocycles. The molecule has 0 aliphatic carbocycles. The number of nitrogens with zero attached hydrogens (tertiary/aromatic N) is 2. The van der Waals surface area contributed by atoms with Gasteiger partial charge in [0.25, 0.3) is 0 Å². The van der Waals surface area contributed by atoms with Gasteiger partial charge in [-0.15, -0.1) is 0 Å². The zero-order chi connectivity index (χ0) is 21.5. The van der Waals surface area contributed by atoms with Crippen LogP contribution in [0.1, 0.15) is 24.3 Å². The zero-order valence-electron chi connectivity index (χ0n) is 17.6. The standard InChI is InChI=1S/C21H30N4O5/c1-3-29-15-5-6-17-16(13-15)19(20(22-17)21(28)30-4-2)23-18(27)14-25-9-7-24(8-10-25)11-12-26/h5-6,13,22,26H,3-4,7-12,14H2,1-2H3,(H,23,27). The molecule has 0 spiro atoms. The molecule has 0 bridgehead atoms. The first-order valence-electron chi connectivity index (χ1n) is 10.4. The van der Waals surface area contributed by atoms with E-state index in [0.29, 0.717) is 30.0 Å². The molecule has 1 aromatic heterocycles. The number of piperazine rings is 1. The molecule has 164 valence electrons. The Morgan fingerprint density at radius 3 is 2.53 bits per heavy atom. The maximum Gasteiger partial charge on any atom is 0.356 e. The number of β-amino-alcohol motifs (C(OH)–C–C–N with tert-alkyl or cyclic N) is 1. The van der Waals surface area contributed by atoms with Gasteiger partial charge in [-0.25, -0.2) is 4.79 Å². The van der Waals surface area contributed by atoms with Gasteiger partial charge in [-0.3, -0.25) is 14.6 Å². The molecule has 9 heteroatoms. The van der Waals surface area contributed by atoms with Crippen molar-refractivity contribution in [3.05, 3.63) is 23.9 Å². The van der Waals surface area contributed by atoms with Crippen LogP contribution in [0.5, 0.6) is 5.75 Å². The summed E-state index contributed by atoms with van der Waals surface area (Å²) >= 11 is 0. The van der Waals surface area contributed by atoms with Gasteiger partial charge in [0.2, 0.25) is 5.91 Å². The lowest BCUT2D eigenvalue weighted by molar-refractivity contribution is -0.117. The highest BCUT2D eigenvalue weighted by atomic mass is 16.5. The summed E-state index contributed by atoms with van der Waals surface area (Å²) in [7, 11) is 0. The van der Waals surface area contributed by atoms with Crippen molar-refractivity contribution < 1.29 is 24.2 Å². The average molecular weight is 418 g/mol. The van der Waals surface area contributed by atoms with Gasteiger partial charge in [-0.05, 0) is 32.0 Å². The van der Waals surface area contributed by atoms with Gasteiger partial charge in [0, 0.05) is 43.6 Å². The van der Waals surface area contributed by atoms with E-state index in [1.807, 2.05) is 19.1 Å². The Morgan fingerprint density at radius 2 is 1.87 bits per heavy atom. The molecule has 0 unspecified atom stereocenters. The highest BCUT2D eigenvalue weighted by Crippen LogP contribution is 2.31. The van der Waals surface area contributed by atoms with Crippen molar-refractivity contribution in [2.45, 2.75) is 13.8 Å². The predicted molar refractivity (Wildman–Crippen MR) is 114 cm³/mol. The van der Waals surface area contributed by atoms with Gasteiger partial charge in [-0.2, -0.15) is 0 Å². The van der Waals surface area contributed by atoms with Crippen LogP contribution in [0.15, 0.2) is 18.2 Å². The molecule has 1 aliphatic heterocycles. The highest BCUT2D eigenvalue weighted by molar-refractivity contribution is 6.11. The summed E-state index contributed by atoms with van der Waals surface area (Å²) in [5.74, 6) is -0.0478. The van der Waals surface area contributed by atoms with Crippen LogP contribution in [0.25, 0.3) is 10.9 Å². The lowest BCUT2D eigenvalue weighted by Crippen LogP contribution is -2.49. The number of aliphatic hydroxyl groups excluding tert-OH is 1. The number of hydrogen-bond donors (Lipinski definition) is 3. The van der Waals surface area contributed by atoms with E-state index in [2.05, 4.69) is 20.1 Å². The number of aromatic amines is 1. The number of esters is 1. The molecular formula is C21H30N4O5. The van der Waals surface area contributed by atoms with E-state index in [1.54, 1.807) is 13.0 Å². The molecule has 2 heterocycles. The van der Waals surface area contributed by atoms with E-state index < -0.39 is 5.97 Å². The number of H-pyrrole nitrogens is 1. The fourth-order valence-electron chi connectivity index (χ4n) is 3.61. The summed E-state index contributed by atoms with van der Waals surface area (Å²) in [6.07, 6.45) is 0. The van der Waals surface area contributed by atoms with Crippen LogP contribution >= 0.6 is 0 Å². The smallest absolute Gasteiger partial charge is 0.356 e. The van der Waals surface area contributed by atoms with Crippen LogP contribution in [0, 0.1) is 0 Å². The first-order chi connectivity index (χ1) is 14.5. The normalized spacial score (nSPS) is 15.3. The summed E-state index contributed by atoms with van der Waals surface area (Å²) < 4.78 is 10.7. The average Bonchev–Trinajstić information content (AvgIpc) is 3.08. The summed E-state index contributed by atoms with van der Waals surface area (Å²) in [4.78, 5) is 32.5. The van der Waals surface area contributed by atoms with Crippen LogP contribution in [0.4, 0.5) is 5.69 Å². The van der Waals surface area contributed by atoms with Gasteiger partial charge in [0.15, 0.2) is 0 Å². The second-order valence-electron chi connectivity index (χ2n) is 7.13. The first-order valence-corrected chi connectivity index (χ1v) is 10.4. The SMILES string of the molecule is CCOC(=O)c1[nH]c2ccc(OCC)cc2c1NC(=O)CN1CCN(CCO)CC1. The van der Waals surface area contributed by atoms with Crippen LogP contribution < -0.4 is 10.1 Å². The second kappa shape index (κ2) is 10.4. The van der Waals surface area contributed by atoms with Crippen LogP contribution in [0.2, 0.25) is 0 Å². The Bertz CT molecular complexity index is 874. The fraction of sp³-hybridized carbons (Fsp3) is 0.524. The Balaban J connectivity index is 1.77. The lowest BCUT2D eigenvalue weighted by atomic mass is 10.2. The number of aromatic nitrogens is 1. The third-order valence-corrected chi connectivity index (χ3v) is 5.07. The van der Waals surface area contributed by atoms with E-state index in [0.717, 1.165) is 31.7 Å². The monoisotopic (exact) mass is 418 g/mol. The van der Waals surface area contributed by atoms with Crippen molar-refractivity contribution in [3.8, 4) is 5.75 Å². The third-order valence-electron chi connectivity index (χ3n) is 5.07. The zero-order valence-corrected chi connectivity index (χ0v) is 17.6. The molecular weight excluding hydrogens is 388 g/mol. The third kappa shape index (κ3) is 5.29. The topological polar surface area (TPSA) is 107 Å². The Hall–Kier alpha value is -2.62. The minimum absolute atomic E-state index is 0.140. The van der Waals surface area contributed by atoms with Crippen LogP contribution in [-0.4, -0.2) is 90.9 Å². The van der Waals surface area contributed by atoms with E-state index >= 15 is 0 Å². The highest BCUT2D eigenvalue weighted by Gasteiger charge is 2.23. The predicted octanol–water partition coefficient (Wildman–Crippen LogP) is 1.29. The van der Waals surface area contributed by atoms with E-state index in [4.69, 9.17) is 14.6 Å². The summed E-state index contributed by atoms with van der Waals surface area (Å²) in [6, 6.07) is 5.44. The molecule has 9 nitrogen and oxygen atoms in total. The van der Waals surface area contributed by atoms with Crippen molar-refractivity contribution >= 4 is 28.5 Å². The number of carbonyl (C=O) groups is 2. The van der Waals surface area contributed by atoms with Crippen molar-refractivity contribution in [3.63, 3.8) is 0 Å². The molecule has 1 aliphatic rings. The number of rotatable bonds is 9. The van der Waals surface area contributed by atoms with E-state index in [1.165, 1.54) is 0 Å². The van der Waals surface area contributed by atoms with Gasteiger partial charge in [0.05, 0.1) is 32.1 Å². The molecule has 1 amide bonds.